The zero-order chi connectivity index (χ0) is 14.5. The highest BCUT2D eigenvalue weighted by Crippen LogP contribution is 2.41. The molecule has 1 aliphatic rings. The molecule has 0 saturated heterocycles. The van der Waals surface area contributed by atoms with Gasteiger partial charge in [-0.1, -0.05) is 23.8 Å². The number of hydrogen-bond donors (Lipinski definition) is 1. The molecule has 0 aliphatic heterocycles. The molecule has 1 heterocycles. The summed E-state index contributed by atoms with van der Waals surface area (Å²) < 4.78 is 2.88. The lowest BCUT2D eigenvalue weighted by Crippen LogP contribution is -2.27. The summed E-state index contributed by atoms with van der Waals surface area (Å²) in [6, 6.07) is 6.39. The zero-order valence-electron chi connectivity index (χ0n) is 12.1. The number of rotatable bonds is 2. The van der Waals surface area contributed by atoms with Crippen LogP contribution in [0.15, 0.2) is 22.7 Å². The quantitative estimate of drug-likeness (QED) is 0.915. The largest absolute Gasteiger partial charge is 0.385 e. The molecule has 1 unspecified atom stereocenters. The predicted octanol–water partition coefficient (Wildman–Crippen LogP) is 3.18. The lowest BCUT2D eigenvalue weighted by Gasteiger charge is -2.24. The van der Waals surface area contributed by atoms with E-state index in [0.717, 1.165) is 34.3 Å². The van der Waals surface area contributed by atoms with Crippen molar-refractivity contribution in [2.24, 2.45) is 7.05 Å². The van der Waals surface area contributed by atoms with Crippen LogP contribution in [0.4, 0.5) is 0 Å². The fourth-order valence-electron chi connectivity index (χ4n) is 3.15. The van der Waals surface area contributed by atoms with Crippen LogP contribution in [0.25, 0.3) is 0 Å². The Morgan fingerprint density at radius 2 is 2.15 bits per heavy atom. The van der Waals surface area contributed by atoms with Crippen molar-refractivity contribution in [2.45, 2.75) is 38.7 Å². The highest BCUT2D eigenvalue weighted by molar-refractivity contribution is 9.10. The van der Waals surface area contributed by atoms with Crippen LogP contribution in [-0.2, 0) is 25.5 Å². The van der Waals surface area contributed by atoms with Gasteiger partial charge in [-0.2, -0.15) is 5.10 Å². The molecule has 0 radical (unpaired) electrons. The smallest absolute Gasteiger partial charge is 0.0958 e. The fourth-order valence-corrected chi connectivity index (χ4v) is 3.63. The maximum atomic E-state index is 11.1. The van der Waals surface area contributed by atoms with E-state index in [1.165, 1.54) is 11.1 Å². The van der Waals surface area contributed by atoms with E-state index in [4.69, 9.17) is 0 Å². The predicted molar refractivity (Wildman–Crippen MR) is 82.7 cm³/mol. The molecule has 0 fully saturated rings. The molecule has 0 spiro atoms. The number of hydrogen-bond acceptors (Lipinski definition) is 2. The second-order valence-electron chi connectivity index (χ2n) is 5.84. The summed E-state index contributed by atoms with van der Waals surface area (Å²) in [7, 11) is 1.93. The van der Waals surface area contributed by atoms with Crippen molar-refractivity contribution >= 4 is 15.9 Å². The summed E-state index contributed by atoms with van der Waals surface area (Å²) in [4.78, 5) is 0. The molecule has 20 heavy (non-hydrogen) atoms. The van der Waals surface area contributed by atoms with Gasteiger partial charge in [0, 0.05) is 13.5 Å². The van der Waals surface area contributed by atoms with Crippen LogP contribution in [0.5, 0.6) is 0 Å². The Balaban J connectivity index is 2.02. The number of aryl methyl sites for hydroxylation is 4. The molecule has 1 N–H and O–H groups in total. The van der Waals surface area contributed by atoms with Crippen molar-refractivity contribution < 1.29 is 5.11 Å². The van der Waals surface area contributed by atoms with Crippen molar-refractivity contribution in [2.75, 3.05) is 0 Å². The molecule has 1 aromatic carbocycles. The highest BCUT2D eigenvalue weighted by atomic mass is 79.9. The van der Waals surface area contributed by atoms with Crippen LogP contribution < -0.4 is 0 Å². The molecule has 1 aliphatic carbocycles. The molecule has 0 bridgehead atoms. The minimum atomic E-state index is -0.774. The van der Waals surface area contributed by atoms with E-state index in [9.17, 15) is 5.11 Å². The molecular formula is C16H19BrN2O. The monoisotopic (exact) mass is 334 g/mol. The molecular weight excluding hydrogens is 316 g/mol. The van der Waals surface area contributed by atoms with Crippen LogP contribution in [0, 0.1) is 13.8 Å². The van der Waals surface area contributed by atoms with Gasteiger partial charge in [-0.05, 0) is 53.7 Å². The number of aromatic nitrogens is 2. The van der Waals surface area contributed by atoms with Crippen molar-refractivity contribution in [1.29, 1.82) is 0 Å². The second kappa shape index (κ2) is 4.71. The van der Waals surface area contributed by atoms with Gasteiger partial charge in [0.15, 0.2) is 0 Å². The first-order valence-corrected chi connectivity index (χ1v) is 7.70. The van der Waals surface area contributed by atoms with E-state index in [2.05, 4.69) is 46.2 Å². The minimum Gasteiger partial charge on any atom is -0.385 e. The number of benzene rings is 1. The van der Waals surface area contributed by atoms with Gasteiger partial charge in [-0.3, -0.25) is 4.68 Å². The Morgan fingerprint density at radius 1 is 1.40 bits per heavy atom. The molecule has 4 heteroatoms. The molecule has 3 rings (SSSR count). The lowest BCUT2D eigenvalue weighted by molar-refractivity contribution is 0.0368. The van der Waals surface area contributed by atoms with Crippen molar-refractivity contribution in [3.63, 3.8) is 0 Å². The zero-order valence-corrected chi connectivity index (χ0v) is 13.7. The first-order valence-electron chi connectivity index (χ1n) is 6.91. The van der Waals surface area contributed by atoms with Gasteiger partial charge < -0.3 is 5.11 Å². The Morgan fingerprint density at radius 3 is 2.80 bits per heavy atom. The van der Waals surface area contributed by atoms with Crippen LogP contribution in [-0.4, -0.2) is 14.9 Å². The Hall–Kier alpha value is -1.13. The van der Waals surface area contributed by atoms with Crippen LogP contribution in [0.2, 0.25) is 0 Å². The van der Waals surface area contributed by atoms with Gasteiger partial charge in [0.05, 0.1) is 21.5 Å². The number of halogens is 1. The first kappa shape index (κ1) is 13.8. The standard InChI is InChI=1S/C16H19BrN2O/c1-10-4-5-12-6-7-16(20,13(12)8-10)9-14-15(17)11(2)18-19(14)3/h4-5,8,20H,6-7,9H2,1-3H3. The summed E-state index contributed by atoms with van der Waals surface area (Å²) in [6.45, 7) is 4.05. The summed E-state index contributed by atoms with van der Waals surface area (Å²) in [6.07, 6.45) is 2.32. The van der Waals surface area contributed by atoms with E-state index in [-0.39, 0.29) is 0 Å². The van der Waals surface area contributed by atoms with E-state index < -0.39 is 5.60 Å². The van der Waals surface area contributed by atoms with E-state index in [1.807, 2.05) is 18.7 Å². The maximum Gasteiger partial charge on any atom is 0.0958 e. The van der Waals surface area contributed by atoms with Crippen molar-refractivity contribution in [3.8, 4) is 0 Å². The van der Waals surface area contributed by atoms with Gasteiger partial charge in [0.1, 0.15) is 0 Å². The topological polar surface area (TPSA) is 38.1 Å². The normalized spacial score (nSPS) is 21.2. The van der Waals surface area contributed by atoms with Crippen LogP contribution in [0.1, 0.15) is 34.5 Å². The van der Waals surface area contributed by atoms with Crippen molar-refractivity contribution in [3.05, 3.63) is 50.8 Å². The van der Waals surface area contributed by atoms with Gasteiger partial charge >= 0.3 is 0 Å². The Kier molecular flexibility index (Phi) is 3.26. The molecule has 1 atom stereocenters. The van der Waals surface area contributed by atoms with Gasteiger partial charge in [0.2, 0.25) is 0 Å². The van der Waals surface area contributed by atoms with E-state index in [0.29, 0.717) is 6.42 Å². The first-order chi connectivity index (χ1) is 9.40. The van der Waals surface area contributed by atoms with Crippen LogP contribution >= 0.6 is 15.9 Å². The molecule has 2 aromatic rings. The summed E-state index contributed by atoms with van der Waals surface area (Å²) >= 11 is 3.59. The molecule has 1 aromatic heterocycles. The third-order valence-electron chi connectivity index (χ3n) is 4.30. The molecule has 0 amide bonds. The fraction of sp³-hybridized carbons (Fsp3) is 0.438. The summed E-state index contributed by atoms with van der Waals surface area (Å²) in [5.74, 6) is 0. The summed E-state index contributed by atoms with van der Waals surface area (Å²) in [5, 5.41) is 15.5. The second-order valence-corrected chi connectivity index (χ2v) is 6.63. The third kappa shape index (κ3) is 2.11. The lowest BCUT2D eigenvalue weighted by atomic mass is 9.90. The van der Waals surface area contributed by atoms with Gasteiger partial charge in [-0.25, -0.2) is 0 Å². The highest BCUT2D eigenvalue weighted by Gasteiger charge is 2.38. The molecule has 0 saturated carbocycles. The number of nitrogens with zero attached hydrogens (tertiary/aromatic N) is 2. The van der Waals surface area contributed by atoms with Gasteiger partial charge in [-0.15, -0.1) is 0 Å². The number of fused-ring (bicyclic) bond motifs is 1. The van der Waals surface area contributed by atoms with Crippen LogP contribution in [0.3, 0.4) is 0 Å². The van der Waals surface area contributed by atoms with Gasteiger partial charge in [0.25, 0.3) is 0 Å². The van der Waals surface area contributed by atoms with E-state index >= 15 is 0 Å². The maximum absolute atomic E-state index is 11.1. The SMILES string of the molecule is Cc1ccc2c(c1)C(O)(Cc1c(Br)c(C)nn1C)CC2. The average Bonchev–Trinajstić information content (AvgIpc) is 2.83. The minimum absolute atomic E-state index is 0.599. The Bertz CT molecular complexity index is 677. The number of aliphatic hydroxyl groups is 1. The molecule has 106 valence electrons. The average molecular weight is 335 g/mol. The molecule has 3 nitrogen and oxygen atoms in total. The third-order valence-corrected chi connectivity index (χ3v) is 5.33. The van der Waals surface area contributed by atoms with Crippen molar-refractivity contribution in [1.82, 2.24) is 9.78 Å². The Labute approximate surface area is 127 Å². The van der Waals surface area contributed by atoms with E-state index in [1.54, 1.807) is 0 Å². The summed E-state index contributed by atoms with van der Waals surface area (Å²) in [5.41, 5.74) is 4.80.